The quantitative estimate of drug-likeness (QED) is 0.705. The van der Waals surface area contributed by atoms with E-state index in [1.54, 1.807) is 6.33 Å². The van der Waals surface area contributed by atoms with E-state index in [-0.39, 0.29) is 5.92 Å². The van der Waals surface area contributed by atoms with E-state index in [1.807, 2.05) is 12.3 Å². The molecular formula is C25H35N7O. The van der Waals surface area contributed by atoms with Crippen LogP contribution in [0.3, 0.4) is 0 Å². The van der Waals surface area contributed by atoms with Gasteiger partial charge in [-0.1, -0.05) is 18.2 Å². The number of benzene rings is 1. The lowest BCUT2D eigenvalue weighted by Gasteiger charge is -2.40. The summed E-state index contributed by atoms with van der Waals surface area (Å²) in [6.45, 7) is 9.30. The van der Waals surface area contributed by atoms with Crippen LogP contribution in [0.15, 0.2) is 42.9 Å². The lowest BCUT2D eigenvalue weighted by Crippen LogP contribution is -2.51. The van der Waals surface area contributed by atoms with Gasteiger partial charge in [-0.3, -0.25) is 4.79 Å². The Morgan fingerprint density at radius 1 is 0.818 bits per heavy atom. The summed E-state index contributed by atoms with van der Waals surface area (Å²) in [5.74, 6) is 1.51. The van der Waals surface area contributed by atoms with E-state index in [4.69, 9.17) is 0 Å². The maximum absolute atomic E-state index is 13.2. The summed E-state index contributed by atoms with van der Waals surface area (Å²) in [5, 5.41) is 0. The Balaban J connectivity index is 1.15. The van der Waals surface area contributed by atoms with Gasteiger partial charge >= 0.3 is 0 Å². The first-order valence-corrected chi connectivity index (χ1v) is 12.3. The summed E-state index contributed by atoms with van der Waals surface area (Å²) in [6.07, 6.45) is 5.40. The smallest absolute Gasteiger partial charge is 0.225 e. The average molecular weight is 450 g/mol. The van der Waals surface area contributed by atoms with Crippen molar-refractivity contribution in [2.24, 2.45) is 5.92 Å². The number of nitrogens with zero attached hydrogens (tertiary/aromatic N) is 7. The molecule has 0 N–H and O–H groups in total. The monoisotopic (exact) mass is 449 g/mol. The molecule has 176 valence electrons. The van der Waals surface area contributed by atoms with Crippen molar-refractivity contribution >= 4 is 23.1 Å². The largest absolute Gasteiger partial charge is 0.368 e. The highest BCUT2D eigenvalue weighted by atomic mass is 16.2. The maximum Gasteiger partial charge on any atom is 0.225 e. The highest BCUT2D eigenvalue weighted by Crippen LogP contribution is 2.31. The highest BCUT2D eigenvalue weighted by molar-refractivity contribution is 5.80. The van der Waals surface area contributed by atoms with Crippen molar-refractivity contribution in [1.29, 1.82) is 0 Å². The van der Waals surface area contributed by atoms with E-state index >= 15 is 0 Å². The SMILES string of the molecule is CN1CCN(c2ncncc2N2CCC(C(=O)N3CCN(c4ccccc4)CC3)CC2)CC1. The molecule has 33 heavy (non-hydrogen) atoms. The summed E-state index contributed by atoms with van der Waals surface area (Å²) in [5.41, 5.74) is 2.36. The molecule has 0 radical (unpaired) electrons. The molecule has 3 aliphatic heterocycles. The molecule has 3 aliphatic rings. The molecule has 3 fully saturated rings. The Morgan fingerprint density at radius 3 is 2.18 bits per heavy atom. The fourth-order valence-corrected chi connectivity index (χ4v) is 5.25. The summed E-state index contributed by atoms with van der Waals surface area (Å²) in [4.78, 5) is 33.8. The minimum absolute atomic E-state index is 0.126. The van der Waals surface area contributed by atoms with Gasteiger partial charge in [0.1, 0.15) is 6.33 Å². The summed E-state index contributed by atoms with van der Waals surface area (Å²) in [6, 6.07) is 10.5. The van der Waals surface area contributed by atoms with Gasteiger partial charge in [0.15, 0.2) is 5.82 Å². The molecule has 8 heteroatoms. The number of anilines is 3. The van der Waals surface area contributed by atoms with Crippen LogP contribution in [0.5, 0.6) is 0 Å². The number of piperidine rings is 1. The van der Waals surface area contributed by atoms with Gasteiger partial charge in [0, 0.05) is 77.1 Å². The molecule has 8 nitrogen and oxygen atoms in total. The number of carbonyl (C=O) groups is 1. The van der Waals surface area contributed by atoms with Gasteiger partial charge in [-0.2, -0.15) is 0 Å². The fraction of sp³-hybridized carbons (Fsp3) is 0.560. The predicted octanol–water partition coefficient (Wildman–Crippen LogP) is 1.79. The van der Waals surface area contributed by atoms with E-state index < -0.39 is 0 Å². The summed E-state index contributed by atoms with van der Waals surface area (Å²) < 4.78 is 0. The van der Waals surface area contributed by atoms with Crippen molar-refractivity contribution in [3.8, 4) is 0 Å². The Morgan fingerprint density at radius 2 is 1.48 bits per heavy atom. The normalized spacial score (nSPS) is 20.9. The lowest BCUT2D eigenvalue weighted by molar-refractivity contribution is -0.136. The second-order valence-corrected chi connectivity index (χ2v) is 9.43. The zero-order valence-electron chi connectivity index (χ0n) is 19.6. The standard InChI is InChI=1S/C25H35N7O/c1-28-11-13-31(14-12-28)24-23(19-26-20-27-24)30-9-7-21(8-10-30)25(33)32-17-15-29(16-18-32)22-5-3-2-4-6-22/h2-6,19-21H,7-18H2,1H3. The highest BCUT2D eigenvalue weighted by Gasteiger charge is 2.32. The van der Waals surface area contributed by atoms with Crippen molar-refractivity contribution in [3.63, 3.8) is 0 Å². The van der Waals surface area contributed by atoms with Crippen molar-refractivity contribution in [1.82, 2.24) is 19.8 Å². The maximum atomic E-state index is 13.2. The van der Waals surface area contributed by atoms with Gasteiger partial charge in [-0.15, -0.1) is 0 Å². The topological polar surface area (TPSA) is 59.1 Å². The second kappa shape index (κ2) is 9.95. The zero-order valence-corrected chi connectivity index (χ0v) is 19.6. The molecular weight excluding hydrogens is 414 g/mol. The van der Waals surface area contributed by atoms with Crippen molar-refractivity contribution < 1.29 is 4.79 Å². The van der Waals surface area contributed by atoms with Crippen LogP contribution < -0.4 is 14.7 Å². The zero-order chi connectivity index (χ0) is 22.6. The van der Waals surface area contributed by atoms with Crippen LogP contribution in [0.2, 0.25) is 0 Å². The fourth-order valence-electron chi connectivity index (χ4n) is 5.25. The van der Waals surface area contributed by atoms with Gasteiger partial charge < -0.3 is 24.5 Å². The molecule has 1 aromatic heterocycles. The second-order valence-electron chi connectivity index (χ2n) is 9.43. The third-order valence-electron chi connectivity index (χ3n) is 7.37. The molecule has 5 rings (SSSR count). The third kappa shape index (κ3) is 4.90. The summed E-state index contributed by atoms with van der Waals surface area (Å²) in [7, 11) is 2.17. The Kier molecular flexibility index (Phi) is 6.62. The molecule has 1 aromatic carbocycles. The van der Waals surface area contributed by atoms with E-state index in [9.17, 15) is 4.79 Å². The van der Waals surface area contributed by atoms with Crippen molar-refractivity contribution in [3.05, 3.63) is 42.9 Å². The minimum Gasteiger partial charge on any atom is -0.368 e. The Labute approximate surface area is 196 Å². The third-order valence-corrected chi connectivity index (χ3v) is 7.37. The molecule has 3 saturated heterocycles. The van der Waals surface area contributed by atoms with Crippen molar-refractivity contribution in [2.45, 2.75) is 12.8 Å². The predicted molar refractivity (Wildman–Crippen MR) is 132 cm³/mol. The van der Waals surface area contributed by atoms with Gasteiger partial charge in [-0.25, -0.2) is 9.97 Å². The first-order chi connectivity index (χ1) is 16.2. The molecule has 0 atom stereocenters. The van der Waals surface area contributed by atoms with Crippen LogP contribution >= 0.6 is 0 Å². The van der Waals surface area contributed by atoms with E-state index in [0.29, 0.717) is 5.91 Å². The molecule has 2 aromatic rings. The first kappa shape index (κ1) is 21.9. The van der Waals surface area contributed by atoms with Gasteiger partial charge in [-0.05, 0) is 32.0 Å². The summed E-state index contributed by atoms with van der Waals surface area (Å²) >= 11 is 0. The number of hydrogen-bond acceptors (Lipinski definition) is 7. The number of amides is 1. The van der Waals surface area contributed by atoms with Gasteiger partial charge in [0.05, 0.1) is 11.9 Å². The molecule has 4 heterocycles. The Bertz CT molecular complexity index is 915. The molecule has 0 unspecified atom stereocenters. The van der Waals surface area contributed by atoms with E-state index in [2.05, 4.69) is 65.8 Å². The number of aromatic nitrogens is 2. The number of para-hydroxylation sites is 1. The van der Waals surface area contributed by atoms with Gasteiger partial charge in [0.25, 0.3) is 0 Å². The molecule has 1 amide bonds. The number of rotatable bonds is 4. The van der Waals surface area contributed by atoms with E-state index in [0.717, 1.165) is 89.8 Å². The molecule has 0 aliphatic carbocycles. The van der Waals surface area contributed by atoms with Crippen LogP contribution in [-0.2, 0) is 4.79 Å². The van der Waals surface area contributed by atoms with Crippen LogP contribution in [0.1, 0.15) is 12.8 Å². The number of hydrogen-bond donors (Lipinski definition) is 0. The first-order valence-electron chi connectivity index (χ1n) is 12.3. The Hall–Kier alpha value is -2.87. The van der Waals surface area contributed by atoms with E-state index in [1.165, 1.54) is 5.69 Å². The molecule has 0 bridgehead atoms. The lowest BCUT2D eigenvalue weighted by atomic mass is 9.94. The minimum atomic E-state index is 0.126. The van der Waals surface area contributed by atoms with Crippen molar-refractivity contribution in [2.75, 3.05) is 87.2 Å². The number of likely N-dealkylation sites (N-methyl/N-ethyl adjacent to an activating group) is 1. The molecule has 0 saturated carbocycles. The molecule has 0 spiro atoms. The van der Waals surface area contributed by atoms with Gasteiger partial charge in [0.2, 0.25) is 5.91 Å². The van der Waals surface area contributed by atoms with Crippen LogP contribution in [0.4, 0.5) is 17.2 Å². The van der Waals surface area contributed by atoms with Crippen LogP contribution in [0.25, 0.3) is 0 Å². The number of piperazine rings is 2. The van der Waals surface area contributed by atoms with Crippen LogP contribution in [0, 0.1) is 5.92 Å². The van der Waals surface area contributed by atoms with Crippen LogP contribution in [-0.4, -0.2) is 98.2 Å². The number of carbonyl (C=O) groups excluding carboxylic acids is 1. The average Bonchev–Trinajstić information content (AvgIpc) is 2.89.